The molecule has 2 aromatic heterocycles. The third-order valence-electron chi connectivity index (χ3n) is 3.77. The van der Waals surface area contributed by atoms with Gasteiger partial charge >= 0.3 is 5.97 Å². The summed E-state index contributed by atoms with van der Waals surface area (Å²) in [4.78, 5) is 12.6. The van der Waals surface area contributed by atoms with Gasteiger partial charge in [-0.1, -0.05) is 11.6 Å². The van der Waals surface area contributed by atoms with Gasteiger partial charge in [-0.2, -0.15) is 0 Å². The Bertz CT molecular complexity index is 921. The van der Waals surface area contributed by atoms with E-state index in [1.165, 1.54) is 0 Å². The van der Waals surface area contributed by atoms with E-state index in [1.54, 1.807) is 0 Å². The van der Waals surface area contributed by atoms with Crippen molar-refractivity contribution in [2.75, 3.05) is 13.3 Å². The average Bonchev–Trinajstić information content (AvgIpc) is 2.89. The van der Waals surface area contributed by atoms with E-state index in [2.05, 4.69) is 0 Å². The van der Waals surface area contributed by atoms with Gasteiger partial charge in [0.2, 0.25) is 0 Å². The van der Waals surface area contributed by atoms with Crippen LogP contribution in [0.25, 0.3) is 16.4 Å². The molecule has 5 nitrogen and oxygen atoms in total. The summed E-state index contributed by atoms with van der Waals surface area (Å²) in [6.07, 6.45) is 3.79. The molecule has 0 fully saturated rings. The number of fused-ring (bicyclic) bond motifs is 3. The molecule has 5 heteroatoms. The summed E-state index contributed by atoms with van der Waals surface area (Å²) in [5.41, 5.74) is 8.80. The lowest BCUT2D eigenvalue weighted by Gasteiger charge is -2.04. The molecule has 24 heavy (non-hydrogen) atoms. The maximum atomic E-state index is 12.6. The summed E-state index contributed by atoms with van der Waals surface area (Å²) in [5, 5.41) is 0.827. The standard InChI is InChI=1S/C19H20N2O3/c1-13(2)8-10-23-19(22)18-15-7-6-14(24-12-20)11-17(15)21-9-4-3-5-16(18)21/h3-9,11H,10,12,20H2,1-2H3. The Labute approximate surface area is 140 Å². The number of nitrogens with zero attached hydrogens (tertiary/aromatic N) is 1. The van der Waals surface area contributed by atoms with Crippen LogP contribution in [0.3, 0.4) is 0 Å². The van der Waals surface area contributed by atoms with E-state index in [4.69, 9.17) is 15.2 Å². The van der Waals surface area contributed by atoms with Gasteiger partial charge in [0.1, 0.15) is 19.1 Å². The molecule has 124 valence electrons. The molecule has 0 aliphatic carbocycles. The second-order valence-corrected chi connectivity index (χ2v) is 5.70. The number of rotatable bonds is 5. The van der Waals surface area contributed by atoms with Crippen LogP contribution < -0.4 is 10.5 Å². The fourth-order valence-electron chi connectivity index (χ4n) is 2.67. The zero-order valence-electron chi connectivity index (χ0n) is 13.8. The van der Waals surface area contributed by atoms with Crippen LogP contribution in [0.5, 0.6) is 5.75 Å². The van der Waals surface area contributed by atoms with Crippen molar-refractivity contribution in [2.24, 2.45) is 5.73 Å². The number of hydrogen-bond acceptors (Lipinski definition) is 4. The van der Waals surface area contributed by atoms with Gasteiger partial charge in [0.25, 0.3) is 0 Å². The molecule has 0 unspecified atom stereocenters. The number of carbonyl (C=O) groups excluding carboxylic acids is 1. The fourth-order valence-corrected chi connectivity index (χ4v) is 2.67. The van der Waals surface area contributed by atoms with Crippen molar-refractivity contribution in [3.63, 3.8) is 0 Å². The van der Waals surface area contributed by atoms with Gasteiger partial charge < -0.3 is 13.9 Å². The maximum absolute atomic E-state index is 12.6. The quantitative estimate of drug-likeness (QED) is 0.443. The van der Waals surface area contributed by atoms with Gasteiger partial charge in [-0.3, -0.25) is 5.73 Å². The maximum Gasteiger partial charge on any atom is 0.341 e. The summed E-state index contributed by atoms with van der Waals surface area (Å²) in [7, 11) is 0. The van der Waals surface area contributed by atoms with Crippen molar-refractivity contribution in [3.8, 4) is 5.75 Å². The fraction of sp³-hybridized carbons (Fsp3) is 0.211. The number of allylic oxidation sites excluding steroid dienone is 1. The molecule has 3 aromatic rings. The number of pyridine rings is 1. The first-order chi connectivity index (χ1) is 11.6. The third-order valence-corrected chi connectivity index (χ3v) is 3.77. The molecule has 0 spiro atoms. The first-order valence-corrected chi connectivity index (χ1v) is 7.78. The highest BCUT2D eigenvalue weighted by atomic mass is 16.5. The van der Waals surface area contributed by atoms with Crippen LogP contribution in [-0.2, 0) is 4.74 Å². The molecule has 0 aliphatic rings. The van der Waals surface area contributed by atoms with Crippen LogP contribution in [0.4, 0.5) is 0 Å². The molecule has 0 bridgehead atoms. The largest absolute Gasteiger partial charge is 0.479 e. The number of esters is 1. The Balaban J connectivity index is 2.11. The monoisotopic (exact) mass is 324 g/mol. The van der Waals surface area contributed by atoms with Gasteiger partial charge in [-0.05, 0) is 44.2 Å². The number of aromatic nitrogens is 1. The minimum Gasteiger partial charge on any atom is -0.479 e. The van der Waals surface area contributed by atoms with Crippen LogP contribution in [0.15, 0.2) is 54.2 Å². The summed E-state index contributed by atoms with van der Waals surface area (Å²) < 4.78 is 12.7. The summed E-state index contributed by atoms with van der Waals surface area (Å²) >= 11 is 0. The molecular formula is C19H20N2O3. The molecule has 0 aliphatic heterocycles. The Morgan fingerprint density at radius 2 is 2.04 bits per heavy atom. The zero-order chi connectivity index (χ0) is 17.1. The van der Waals surface area contributed by atoms with E-state index in [-0.39, 0.29) is 19.3 Å². The number of benzene rings is 1. The van der Waals surface area contributed by atoms with Crippen molar-refractivity contribution in [2.45, 2.75) is 13.8 Å². The highest BCUT2D eigenvalue weighted by Gasteiger charge is 2.19. The number of ether oxygens (including phenoxy) is 2. The third kappa shape index (κ3) is 2.98. The second-order valence-electron chi connectivity index (χ2n) is 5.70. The average molecular weight is 324 g/mol. The predicted molar refractivity (Wildman–Crippen MR) is 94.3 cm³/mol. The van der Waals surface area contributed by atoms with E-state index < -0.39 is 0 Å². The SMILES string of the molecule is CC(C)=CCOC(=O)c1c2ccc(OCN)cc2n2ccccc12. The molecule has 2 N–H and O–H groups in total. The summed E-state index contributed by atoms with van der Waals surface area (Å²) in [6.45, 7) is 4.31. The van der Waals surface area contributed by atoms with E-state index in [9.17, 15) is 4.79 Å². The molecule has 1 aromatic carbocycles. The molecular weight excluding hydrogens is 304 g/mol. The summed E-state index contributed by atoms with van der Waals surface area (Å²) in [6, 6.07) is 11.3. The Hall–Kier alpha value is -2.79. The van der Waals surface area contributed by atoms with Gasteiger partial charge in [-0.25, -0.2) is 4.79 Å². The van der Waals surface area contributed by atoms with E-state index in [0.717, 1.165) is 22.0 Å². The van der Waals surface area contributed by atoms with E-state index in [0.29, 0.717) is 11.3 Å². The number of nitrogens with two attached hydrogens (primary N) is 1. The topological polar surface area (TPSA) is 66.0 Å². The predicted octanol–water partition coefficient (Wildman–Crippen LogP) is 3.51. The Morgan fingerprint density at radius 3 is 2.79 bits per heavy atom. The zero-order valence-corrected chi connectivity index (χ0v) is 13.8. The molecule has 0 saturated heterocycles. The van der Waals surface area contributed by atoms with Crippen LogP contribution in [-0.4, -0.2) is 23.7 Å². The van der Waals surface area contributed by atoms with Gasteiger partial charge in [0, 0.05) is 17.6 Å². The van der Waals surface area contributed by atoms with Crippen LogP contribution in [0, 0.1) is 0 Å². The van der Waals surface area contributed by atoms with Gasteiger partial charge in [-0.15, -0.1) is 0 Å². The summed E-state index contributed by atoms with van der Waals surface area (Å²) in [5.74, 6) is 0.330. The van der Waals surface area contributed by atoms with Gasteiger partial charge in [0.15, 0.2) is 0 Å². The van der Waals surface area contributed by atoms with Crippen molar-refractivity contribution >= 4 is 22.4 Å². The van der Waals surface area contributed by atoms with E-state index >= 15 is 0 Å². The highest BCUT2D eigenvalue weighted by Crippen LogP contribution is 2.30. The lowest BCUT2D eigenvalue weighted by Crippen LogP contribution is -2.07. The molecule has 0 saturated carbocycles. The molecule has 0 atom stereocenters. The molecule has 0 radical (unpaired) electrons. The van der Waals surface area contributed by atoms with Crippen molar-refractivity contribution in [1.82, 2.24) is 4.40 Å². The van der Waals surface area contributed by atoms with Crippen molar-refractivity contribution < 1.29 is 14.3 Å². The first-order valence-electron chi connectivity index (χ1n) is 7.78. The molecule has 0 amide bonds. The first kappa shape index (κ1) is 16.1. The number of hydrogen-bond donors (Lipinski definition) is 1. The minimum atomic E-state index is -0.335. The lowest BCUT2D eigenvalue weighted by atomic mass is 10.1. The Kier molecular flexibility index (Phi) is 4.53. The Morgan fingerprint density at radius 1 is 1.21 bits per heavy atom. The van der Waals surface area contributed by atoms with E-state index in [1.807, 2.05) is 66.9 Å². The molecule has 3 rings (SSSR count). The van der Waals surface area contributed by atoms with Gasteiger partial charge in [0.05, 0.1) is 16.6 Å². The van der Waals surface area contributed by atoms with Crippen molar-refractivity contribution in [3.05, 3.63) is 59.8 Å². The molecule has 2 heterocycles. The lowest BCUT2D eigenvalue weighted by molar-refractivity contribution is 0.0553. The smallest absolute Gasteiger partial charge is 0.341 e. The highest BCUT2D eigenvalue weighted by molar-refractivity contribution is 6.11. The number of carbonyl (C=O) groups is 1. The minimum absolute atomic E-state index is 0.104. The van der Waals surface area contributed by atoms with Crippen LogP contribution in [0.2, 0.25) is 0 Å². The van der Waals surface area contributed by atoms with Crippen LogP contribution in [0.1, 0.15) is 24.2 Å². The van der Waals surface area contributed by atoms with Crippen molar-refractivity contribution in [1.29, 1.82) is 0 Å². The van der Waals surface area contributed by atoms with Crippen LogP contribution >= 0.6 is 0 Å². The normalized spacial score (nSPS) is 10.8. The second kappa shape index (κ2) is 6.76.